The van der Waals surface area contributed by atoms with Crippen LogP contribution in [0.4, 0.5) is 13.2 Å². The van der Waals surface area contributed by atoms with E-state index in [0.29, 0.717) is 27.8 Å². The van der Waals surface area contributed by atoms with Gasteiger partial charge in [-0.1, -0.05) is 44.0 Å². The summed E-state index contributed by atoms with van der Waals surface area (Å²) in [6.45, 7) is 2.27. The average Bonchev–Trinajstić information content (AvgIpc) is 2.66. The summed E-state index contributed by atoms with van der Waals surface area (Å²) in [6.07, 6.45) is 4.60. The standard InChI is InChI=1S/C23H22F3P/c1-13-2-4-14(5-3-13)15-6-8-18(20(24)11-15)16-7-9-19-17(10-16)12-21(25)22(26)23(19)27/h6-14H,2-5,27H2,1H3. The molecule has 3 aromatic carbocycles. The summed E-state index contributed by atoms with van der Waals surface area (Å²) in [7, 11) is 2.24. The summed E-state index contributed by atoms with van der Waals surface area (Å²) in [6, 6.07) is 11.8. The lowest BCUT2D eigenvalue weighted by Crippen LogP contribution is -2.11. The monoisotopic (exact) mass is 386 g/mol. The molecule has 1 unspecified atom stereocenters. The van der Waals surface area contributed by atoms with Gasteiger partial charge in [0.2, 0.25) is 0 Å². The maximum absolute atomic E-state index is 14.9. The fourth-order valence-electron chi connectivity index (χ4n) is 4.15. The molecule has 4 heteroatoms. The van der Waals surface area contributed by atoms with Crippen molar-refractivity contribution in [1.29, 1.82) is 0 Å². The van der Waals surface area contributed by atoms with E-state index in [1.54, 1.807) is 24.3 Å². The second kappa shape index (κ2) is 7.28. The molecular weight excluding hydrogens is 364 g/mol. The molecule has 1 aliphatic carbocycles. The summed E-state index contributed by atoms with van der Waals surface area (Å²) < 4.78 is 42.3. The number of rotatable bonds is 2. The van der Waals surface area contributed by atoms with Gasteiger partial charge in [-0.05, 0) is 64.8 Å². The van der Waals surface area contributed by atoms with E-state index in [4.69, 9.17) is 0 Å². The molecule has 0 radical (unpaired) electrons. The van der Waals surface area contributed by atoms with E-state index in [1.165, 1.54) is 12.8 Å². The Balaban J connectivity index is 1.70. The highest BCUT2D eigenvalue weighted by molar-refractivity contribution is 7.28. The lowest BCUT2D eigenvalue weighted by molar-refractivity contribution is 0.347. The Labute approximate surface area is 160 Å². The van der Waals surface area contributed by atoms with Crippen molar-refractivity contribution in [1.82, 2.24) is 0 Å². The van der Waals surface area contributed by atoms with Crippen molar-refractivity contribution < 1.29 is 13.2 Å². The fraction of sp³-hybridized carbons (Fsp3) is 0.304. The lowest BCUT2D eigenvalue weighted by Gasteiger charge is -2.26. The Morgan fingerprint density at radius 3 is 2.30 bits per heavy atom. The molecule has 0 bridgehead atoms. The van der Waals surface area contributed by atoms with Gasteiger partial charge >= 0.3 is 0 Å². The van der Waals surface area contributed by atoms with Crippen molar-refractivity contribution >= 4 is 25.3 Å². The molecule has 0 N–H and O–H groups in total. The topological polar surface area (TPSA) is 0 Å². The maximum atomic E-state index is 14.9. The van der Waals surface area contributed by atoms with Crippen LogP contribution >= 0.6 is 9.24 Å². The number of halogens is 3. The van der Waals surface area contributed by atoms with Crippen LogP contribution < -0.4 is 5.30 Å². The average molecular weight is 386 g/mol. The van der Waals surface area contributed by atoms with Crippen LogP contribution in [-0.2, 0) is 0 Å². The maximum Gasteiger partial charge on any atom is 0.166 e. The Bertz CT molecular complexity index is 1000. The van der Waals surface area contributed by atoms with Gasteiger partial charge in [0.05, 0.1) is 0 Å². The molecule has 0 heterocycles. The third-order valence-corrected chi connectivity index (χ3v) is 6.43. The van der Waals surface area contributed by atoms with E-state index < -0.39 is 11.6 Å². The highest BCUT2D eigenvalue weighted by atomic mass is 31.0. The zero-order valence-corrected chi connectivity index (χ0v) is 16.4. The molecule has 0 saturated heterocycles. The van der Waals surface area contributed by atoms with Crippen LogP contribution in [0.5, 0.6) is 0 Å². The van der Waals surface area contributed by atoms with Crippen molar-refractivity contribution in [3.8, 4) is 11.1 Å². The lowest BCUT2D eigenvalue weighted by atomic mass is 9.79. The Morgan fingerprint density at radius 2 is 1.59 bits per heavy atom. The molecule has 1 atom stereocenters. The van der Waals surface area contributed by atoms with Crippen molar-refractivity contribution in [3.05, 3.63) is 65.5 Å². The minimum Gasteiger partial charge on any atom is -0.206 e. The van der Waals surface area contributed by atoms with Crippen LogP contribution in [0.15, 0.2) is 42.5 Å². The van der Waals surface area contributed by atoms with E-state index >= 15 is 0 Å². The first-order valence-electron chi connectivity index (χ1n) is 9.41. The fourth-order valence-corrected chi connectivity index (χ4v) is 4.56. The van der Waals surface area contributed by atoms with E-state index in [1.807, 2.05) is 12.1 Å². The molecule has 27 heavy (non-hydrogen) atoms. The molecule has 1 fully saturated rings. The van der Waals surface area contributed by atoms with Gasteiger partial charge in [0, 0.05) is 10.9 Å². The molecule has 0 aliphatic heterocycles. The largest absolute Gasteiger partial charge is 0.206 e. The third kappa shape index (κ3) is 3.50. The second-order valence-corrected chi connectivity index (χ2v) is 8.30. The Kier molecular flexibility index (Phi) is 4.99. The number of fused-ring (bicyclic) bond motifs is 1. The van der Waals surface area contributed by atoms with E-state index in [9.17, 15) is 13.2 Å². The summed E-state index contributed by atoms with van der Waals surface area (Å²) in [4.78, 5) is 0. The molecule has 4 rings (SSSR count). The summed E-state index contributed by atoms with van der Waals surface area (Å²) in [5, 5.41) is 1.36. The minimum atomic E-state index is -0.896. The van der Waals surface area contributed by atoms with Gasteiger partial charge in [0.1, 0.15) is 5.82 Å². The first-order chi connectivity index (χ1) is 12.9. The number of hydrogen-bond donors (Lipinski definition) is 0. The van der Waals surface area contributed by atoms with Crippen molar-refractivity contribution in [3.63, 3.8) is 0 Å². The SMILES string of the molecule is CC1CCC(c2ccc(-c3ccc4c(P)c(F)c(F)cc4c3)c(F)c2)CC1. The van der Waals surface area contributed by atoms with Gasteiger partial charge in [-0.25, -0.2) is 13.2 Å². The number of hydrogen-bond acceptors (Lipinski definition) is 0. The second-order valence-electron chi connectivity index (χ2n) is 7.72. The summed E-state index contributed by atoms with van der Waals surface area (Å²) in [5.41, 5.74) is 2.21. The smallest absolute Gasteiger partial charge is 0.166 e. The van der Waals surface area contributed by atoms with Crippen molar-refractivity contribution in [2.24, 2.45) is 5.92 Å². The van der Waals surface area contributed by atoms with Gasteiger partial charge in [0.15, 0.2) is 11.6 Å². The van der Waals surface area contributed by atoms with Crippen LogP contribution in [0.1, 0.15) is 44.1 Å². The Morgan fingerprint density at radius 1 is 0.852 bits per heavy atom. The van der Waals surface area contributed by atoms with Crippen LogP contribution in [0.3, 0.4) is 0 Å². The predicted molar refractivity (Wildman–Crippen MR) is 109 cm³/mol. The van der Waals surface area contributed by atoms with Gasteiger partial charge in [-0.2, -0.15) is 0 Å². The predicted octanol–water partition coefficient (Wildman–Crippen LogP) is 6.72. The first-order valence-corrected chi connectivity index (χ1v) is 9.99. The molecule has 0 spiro atoms. The highest BCUT2D eigenvalue weighted by Crippen LogP contribution is 2.37. The van der Waals surface area contributed by atoms with Gasteiger partial charge in [-0.15, -0.1) is 9.24 Å². The van der Waals surface area contributed by atoms with Crippen molar-refractivity contribution in [2.45, 2.75) is 38.5 Å². The Hall–Kier alpha value is -1.86. The molecule has 140 valence electrons. The minimum absolute atomic E-state index is 0.193. The zero-order chi connectivity index (χ0) is 19.1. The molecule has 1 saturated carbocycles. The first kappa shape index (κ1) is 18.5. The quantitative estimate of drug-likeness (QED) is 0.429. The van der Waals surface area contributed by atoms with Crippen LogP contribution in [0, 0.1) is 23.4 Å². The van der Waals surface area contributed by atoms with Crippen molar-refractivity contribution in [2.75, 3.05) is 0 Å². The molecule has 3 aromatic rings. The molecular formula is C23H22F3P. The summed E-state index contributed by atoms with van der Waals surface area (Å²) >= 11 is 0. The zero-order valence-electron chi connectivity index (χ0n) is 15.2. The van der Waals surface area contributed by atoms with Crippen LogP contribution in [0.25, 0.3) is 21.9 Å². The molecule has 0 aromatic heterocycles. The number of benzene rings is 3. The van der Waals surface area contributed by atoms with Gasteiger partial charge in [0.25, 0.3) is 0 Å². The molecule has 0 nitrogen and oxygen atoms in total. The van der Waals surface area contributed by atoms with Gasteiger partial charge < -0.3 is 0 Å². The highest BCUT2D eigenvalue weighted by Gasteiger charge is 2.21. The normalized spacial score (nSPS) is 20.2. The summed E-state index contributed by atoms with van der Waals surface area (Å²) in [5.74, 6) is -0.836. The molecule has 0 amide bonds. The van der Waals surface area contributed by atoms with E-state index in [-0.39, 0.29) is 11.1 Å². The molecule has 1 aliphatic rings. The van der Waals surface area contributed by atoms with Crippen LogP contribution in [-0.4, -0.2) is 0 Å². The van der Waals surface area contributed by atoms with Crippen LogP contribution in [0.2, 0.25) is 0 Å². The van der Waals surface area contributed by atoms with E-state index in [2.05, 4.69) is 16.2 Å². The van der Waals surface area contributed by atoms with E-state index in [0.717, 1.165) is 30.4 Å². The van der Waals surface area contributed by atoms with Gasteiger partial charge in [-0.3, -0.25) is 0 Å². The third-order valence-electron chi connectivity index (χ3n) is 5.86.